The number of nitrogens with zero attached hydrogens (tertiary/aromatic N) is 1. The Hall–Kier alpha value is -1.42. The molecule has 1 aliphatic carbocycles. The summed E-state index contributed by atoms with van der Waals surface area (Å²) in [6, 6.07) is 3.73. The van der Waals surface area contributed by atoms with Crippen molar-refractivity contribution in [2.24, 2.45) is 5.41 Å². The normalized spacial score (nSPS) is 17.9. The van der Waals surface area contributed by atoms with E-state index in [1.165, 1.54) is 6.42 Å². The van der Waals surface area contributed by atoms with Gasteiger partial charge in [-0.15, -0.1) is 0 Å². The van der Waals surface area contributed by atoms with Crippen LogP contribution in [0.2, 0.25) is 0 Å². The van der Waals surface area contributed by atoms with Gasteiger partial charge < -0.3 is 10.4 Å². The second-order valence-corrected chi connectivity index (χ2v) is 5.53. The number of pyridine rings is 1. The first-order valence-electron chi connectivity index (χ1n) is 7.01. The highest BCUT2D eigenvalue weighted by molar-refractivity contribution is 5.78. The summed E-state index contributed by atoms with van der Waals surface area (Å²) < 4.78 is 0. The topological polar surface area (TPSA) is 62.2 Å². The van der Waals surface area contributed by atoms with E-state index in [0.29, 0.717) is 13.0 Å². The third-order valence-electron chi connectivity index (χ3n) is 4.00. The lowest BCUT2D eigenvalue weighted by Crippen LogP contribution is -2.41. The summed E-state index contributed by atoms with van der Waals surface area (Å²) in [5.74, 6) is 0.00592. The highest BCUT2D eigenvalue weighted by Gasteiger charge is 2.31. The maximum Gasteiger partial charge on any atom is 0.224 e. The zero-order valence-electron chi connectivity index (χ0n) is 11.3. The molecular weight excluding hydrogens is 240 g/mol. The molecular formula is C15H22N2O2. The number of rotatable bonds is 5. The monoisotopic (exact) mass is 262 g/mol. The molecule has 1 fully saturated rings. The number of hydrogen-bond donors (Lipinski definition) is 2. The predicted octanol–water partition coefficient (Wildman–Crippen LogP) is 1.68. The van der Waals surface area contributed by atoms with Gasteiger partial charge in [-0.05, 0) is 24.5 Å². The zero-order valence-corrected chi connectivity index (χ0v) is 11.3. The van der Waals surface area contributed by atoms with Crippen LogP contribution in [0.15, 0.2) is 24.5 Å². The molecule has 2 rings (SSSR count). The number of aliphatic hydroxyl groups is 1. The molecule has 19 heavy (non-hydrogen) atoms. The lowest BCUT2D eigenvalue weighted by molar-refractivity contribution is -0.121. The molecule has 104 valence electrons. The Labute approximate surface area is 114 Å². The van der Waals surface area contributed by atoms with Crippen LogP contribution < -0.4 is 5.32 Å². The molecule has 0 saturated heterocycles. The van der Waals surface area contributed by atoms with Crippen LogP contribution in [0.3, 0.4) is 0 Å². The maximum atomic E-state index is 11.9. The maximum absolute atomic E-state index is 11.9. The van der Waals surface area contributed by atoms with Crippen molar-refractivity contribution in [3.05, 3.63) is 30.1 Å². The molecule has 0 radical (unpaired) electrons. The van der Waals surface area contributed by atoms with Crippen LogP contribution in [0, 0.1) is 5.41 Å². The minimum atomic E-state index is -0.0944. The molecule has 0 unspecified atom stereocenters. The van der Waals surface area contributed by atoms with Crippen molar-refractivity contribution >= 4 is 5.91 Å². The van der Waals surface area contributed by atoms with Gasteiger partial charge in [-0.3, -0.25) is 9.78 Å². The molecule has 4 heteroatoms. The van der Waals surface area contributed by atoms with Gasteiger partial charge in [-0.1, -0.05) is 25.3 Å². The molecule has 0 atom stereocenters. The number of hydrogen-bond acceptors (Lipinski definition) is 3. The van der Waals surface area contributed by atoms with E-state index >= 15 is 0 Å². The van der Waals surface area contributed by atoms with Gasteiger partial charge in [0.25, 0.3) is 0 Å². The molecule has 1 aromatic rings. The molecule has 0 aromatic carbocycles. The Morgan fingerprint density at radius 1 is 1.37 bits per heavy atom. The second kappa shape index (κ2) is 6.66. The number of aromatic nitrogens is 1. The van der Waals surface area contributed by atoms with E-state index in [1.807, 2.05) is 12.1 Å². The first-order valence-corrected chi connectivity index (χ1v) is 7.01. The fraction of sp³-hybridized carbons (Fsp3) is 0.600. The van der Waals surface area contributed by atoms with Gasteiger partial charge in [0, 0.05) is 24.4 Å². The molecule has 1 heterocycles. The van der Waals surface area contributed by atoms with Crippen LogP contribution >= 0.6 is 0 Å². The van der Waals surface area contributed by atoms with Crippen LogP contribution in [0.25, 0.3) is 0 Å². The average molecular weight is 262 g/mol. The molecule has 1 amide bonds. The summed E-state index contributed by atoms with van der Waals surface area (Å²) in [5, 5.41) is 12.5. The minimum absolute atomic E-state index is 0.00592. The highest BCUT2D eigenvalue weighted by Crippen LogP contribution is 2.35. The quantitative estimate of drug-likeness (QED) is 0.848. The van der Waals surface area contributed by atoms with Gasteiger partial charge in [0.1, 0.15) is 0 Å². The van der Waals surface area contributed by atoms with E-state index in [-0.39, 0.29) is 17.9 Å². The number of nitrogens with one attached hydrogen (secondary N) is 1. The lowest BCUT2D eigenvalue weighted by Gasteiger charge is -2.35. The van der Waals surface area contributed by atoms with Gasteiger partial charge in [0.2, 0.25) is 5.91 Å². The van der Waals surface area contributed by atoms with Crippen molar-refractivity contribution in [2.75, 3.05) is 13.2 Å². The van der Waals surface area contributed by atoms with Crippen LogP contribution in [0.1, 0.15) is 37.7 Å². The summed E-state index contributed by atoms with van der Waals surface area (Å²) in [4.78, 5) is 15.9. The second-order valence-electron chi connectivity index (χ2n) is 5.53. The molecule has 0 spiro atoms. The summed E-state index contributed by atoms with van der Waals surface area (Å²) in [6.07, 6.45) is 9.33. The summed E-state index contributed by atoms with van der Waals surface area (Å²) in [5.41, 5.74) is 0.824. The number of carbonyl (C=O) groups is 1. The van der Waals surface area contributed by atoms with Gasteiger partial charge in [-0.2, -0.15) is 0 Å². The highest BCUT2D eigenvalue weighted by atomic mass is 16.3. The van der Waals surface area contributed by atoms with Gasteiger partial charge in [0.05, 0.1) is 13.0 Å². The van der Waals surface area contributed by atoms with Crippen LogP contribution in [-0.4, -0.2) is 29.1 Å². The molecule has 1 saturated carbocycles. The van der Waals surface area contributed by atoms with Crippen molar-refractivity contribution in [1.82, 2.24) is 10.3 Å². The van der Waals surface area contributed by atoms with Crippen molar-refractivity contribution in [3.63, 3.8) is 0 Å². The van der Waals surface area contributed by atoms with Gasteiger partial charge in [-0.25, -0.2) is 0 Å². The Balaban J connectivity index is 1.82. The Bertz CT molecular complexity index is 400. The van der Waals surface area contributed by atoms with E-state index in [9.17, 15) is 9.90 Å². The fourth-order valence-corrected chi connectivity index (χ4v) is 2.73. The van der Waals surface area contributed by atoms with E-state index in [4.69, 9.17) is 0 Å². The molecule has 4 nitrogen and oxygen atoms in total. The molecule has 2 N–H and O–H groups in total. The van der Waals surface area contributed by atoms with E-state index < -0.39 is 0 Å². The van der Waals surface area contributed by atoms with Crippen molar-refractivity contribution in [1.29, 1.82) is 0 Å². The third kappa shape index (κ3) is 4.03. The molecule has 1 aliphatic rings. The van der Waals surface area contributed by atoms with Gasteiger partial charge >= 0.3 is 0 Å². The SMILES string of the molecule is O=C(Cc1cccnc1)NCC1(CO)CCCCC1. The molecule has 1 aromatic heterocycles. The molecule has 0 bridgehead atoms. The summed E-state index contributed by atoms with van der Waals surface area (Å²) in [7, 11) is 0. The summed E-state index contributed by atoms with van der Waals surface area (Å²) in [6.45, 7) is 0.753. The van der Waals surface area contributed by atoms with Crippen LogP contribution in [-0.2, 0) is 11.2 Å². The van der Waals surface area contributed by atoms with E-state index in [1.54, 1.807) is 12.4 Å². The standard InChI is InChI=1S/C15H22N2O2/c18-12-15(6-2-1-3-7-15)11-17-14(19)9-13-5-4-8-16-10-13/h4-5,8,10,18H,1-3,6-7,9,11-12H2,(H,17,19). The fourth-order valence-electron chi connectivity index (χ4n) is 2.73. The van der Waals surface area contributed by atoms with Crippen molar-refractivity contribution < 1.29 is 9.90 Å². The Morgan fingerprint density at radius 3 is 2.79 bits per heavy atom. The van der Waals surface area contributed by atoms with Crippen molar-refractivity contribution in [2.45, 2.75) is 38.5 Å². The van der Waals surface area contributed by atoms with Crippen molar-refractivity contribution in [3.8, 4) is 0 Å². The average Bonchev–Trinajstić information content (AvgIpc) is 2.47. The van der Waals surface area contributed by atoms with Crippen LogP contribution in [0.4, 0.5) is 0 Å². The van der Waals surface area contributed by atoms with E-state index in [0.717, 1.165) is 31.2 Å². The first kappa shape index (κ1) is 14.0. The number of aliphatic hydroxyl groups excluding tert-OH is 1. The molecule has 0 aliphatic heterocycles. The smallest absolute Gasteiger partial charge is 0.224 e. The third-order valence-corrected chi connectivity index (χ3v) is 4.00. The van der Waals surface area contributed by atoms with E-state index in [2.05, 4.69) is 10.3 Å². The largest absolute Gasteiger partial charge is 0.396 e. The lowest BCUT2D eigenvalue weighted by atomic mass is 9.74. The first-order chi connectivity index (χ1) is 9.24. The minimum Gasteiger partial charge on any atom is -0.396 e. The zero-order chi connectivity index (χ0) is 13.6. The Morgan fingerprint density at radius 2 is 2.16 bits per heavy atom. The van der Waals surface area contributed by atoms with Crippen LogP contribution in [0.5, 0.6) is 0 Å². The van der Waals surface area contributed by atoms with Gasteiger partial charge in [0.15, 0.2) is 0 Å². The number of amides is 1. The Kier molecular flexibility index (Phi) is 4.91. The number of carbonyl (C=O) groups excluding carboxylic acids is 1. The predicted molar refractivity (Wildman–Crippen MR) is 73.6 cm³/mol. The summed E-state index contributed by atoms with van der Waals surface area (Å²) >= 11 is 0.